The molecule has 0 fully saturated rings. The van der Waals surface area contributed by atoms with Gasteiger partial charge in [0.1, 0.15) is 5.01 Å². The molecule has 2 rings (SSSR count). The highest BCUT2D eigenvalue weighted by molar-refractivity contribution is 7.10. The fourth-order valence-corrected chi connectivity index (χ4v) is 2.12. The number of anilines is 1. The van der Waals surface area contributed by atoms with Crippen molar-refractivity contribution in [3.63, 3.8) is 0 Å². The maximum atomic E-state index is 11.7. The van der Waals surface area contributed by atoms with E-state index in [2.05, 4.69) is 4.98 Å². The van der Waals surface area contributed by atoms with Crippen LogP contribution in [0.2, 0.25) is 0 Å². The Labute approximate surface area is 122 Å². The largest absolute Gasteiger partial charge is 0.378 e. The lowest BCUT2D eigenvalue weighted by Gasteiger charge is -2.11. The summed E-state index contributed by atoms with van der Waals surface area (Å²) >= 11 is 1.50. The highest BCUT2D eigenvalue weighted by atomic mass is 32.1. The van der Waals surface area contributed by atoms with Crippen LogP contribution in [0.3, 0.4) is 0 Å². The van der Waals surface area contributed by atoms with E-state index in [9.17, 15) is 4.79 Å². The van der Waals surface area contributed by atoms with Gasteiger partial charge >= 0.3 is 0 Å². The SMILES string of the molecule is CN(C)c1ccc(/C=C/C(=O)/C=C/c2nccs2)cc1. The normalized spacial score (nSPS) is 11.3. The summed E-state index contributed by atoms with van der Waals surface area (Å²) < 4.78 is 0. The molecule has 4 heteroatoms. The van der Waals surface area contributed by atoms with Crippen molar-refractivity contribution in [2.75, 3.05) is 19.0 Å². The molecule has 0 bridgehead atoms. The zero-order chi connectivity index (χ0) is 14.4. The summed E-state index contributed by atoms with van der Waals surface area (Å²) in [5.74, 6) is -0.0445. The first-order valence-electron chi connectivity index (χ1n) is 6.22. The zero-order valence-electron chi connectivity index (χ0n) is 11.5. The summed E-state index contributed by atoms with van der Waals surface area (Å²) in [6.45, 7) is 0. The van der Waals surface area contributed by atoms with Gasteiger partial charge in [0.25, 0.3) is 0 Å². The average molecular weight is 284 g/mol. The lowest BCUT2D eigenvalue weighted by atomic mass is 10.1. The highest BCUT2D eigenvalue weighted by Crippen LogP contribution is 2.13. The van der Waals surface area contributed by atoms with Gasteiger partial charge < -0.3 is 4.90 Å². The lowest BCUT2D eigenvalue weighted by molar-refractivity contribution is -0.110. The highest BCUT2D eigenvalue weighted by Gasteiger charge is 1.95. The van der Waals surface area contributed by atoms with Crippen LogP contribution in [0, 0.1) is 0 Å². The van der Waals surface area contributed by atoms with Crippen molar-refractivity contribution < 1.29 is 4.79 Å². The van der Waals surface area contributed by atoms with Gasteiger partial charge in [-0.15, -0.1) is 11.3 Å². The van der Waals surface area contributed by atoms with E-state index in [1.165, 1.54) is 17.4 Å². The van der Waals surface area contributed by atoms with Crippen LogP contribution < -0.4 is 4.90 Å². The van der Waals surface area contributed by atoms with Crippen molar-refractivity contribution in [3.8, 4) is 0 Å². The van der Waals surface area contributed by atoms with Crippen molar-refractivity contribution in [1.29, 1.82) is 0 Å². The molecule has 1 heterocycles. The molecule has 0 aliphatic rings. The molecule has 0 aliphatic carbocycles. The first-order chi connectivity index (χ1) is 9.65. The molecule has 102 valence electrons. The molecule has 0 N–H and O–H groups in total. The second-order valence-electron chi connectivity index (χ2n) is 4.43. The van der Waals surface area contributed by atoms with E-state index in [1.807, 2.05) is 54.7 Å². The molecule has 0 aliphatic heterocycles. The fourth-order valence-electron chi connectivity index (χ4n) is 1.59. The Balaban J connectivity index is 1.96. The Morgan fingerprint density at radius 2 is 1.85 bits per heavy atom. The van der Waals surface area contributed by atoms with Gasteiger partial charge in [-0.25, -0.2) is 4.98 Å². The third-order valence-corrected chi connectivity index (χ3v) is 3.43. The molecular weight excluding hydrogens is 268 g/mol. The summed E-state index contributed by atoms with van der Waals surface area (Å²) in [7, 11) is 4.00. The summed E-state index contributed by atoms with van der Waals surface area (Å²) in [5.41, 5.74) is 2.14. The molecule has 1 aromatic heterocycles. The van der Waals surface area contributed by atoms with Crippen molar-refractivity contribution >= 4 is 35.0 Å². The van der Waals surface area contributed by atoms with Crippen LogP contribution in [0.5, 0.6) is 0 Å². The van der Waals surface area contributed by atoms with Gasteiger partial charge in [0.15, 0.2) is 5.78 Å². The van der Waals surface area contributed by atoms with Gasteiger partial charge in [-0.05, 0) is 35.9 Å². The van der Waals surface area contributed by atoms with Crippen molar-refractivity contribution in [2.24, 2.45) is 0 Å². The predicted octanol–water partition coefficient (Wildman–Crippen LogP) is 3.50. The molecule has 3 nitrogen and oxygen atoms in total. The third-order valence-electron chi connectivity index (χ3n) is 2.69. The standard InChI is InChI=1S/C16H16N2OS/c1-18(2)14-6-3-13(4-7-14)5-8-15(19)9-10-16-17-11-12-20-16/h3-12H,1-2H3/b8-5+,10-9+. The second-order valence-corrected chi connectivity index (χ2v) is 5.35. The molecule has 0 unspecified atom stereocenters. The smallest absolute Gasteiger partial charge is 0.178 e. The van der Waals surface area contributed by atoms with E-state index in [4.69, 9.17) is 0 Å². The summed E-state index contributed by atoms with van der Waals surface area (Å²) in [6, 6.07) is 8.03. The number of carbonyl (C=O) groups is 1. The lowest BCUT2D eigenvalue weighted by Crippen LogP contribution is -2.07. The van der Waals surface area contributed by atoms with E-state index < -0.39 is 0 Å². The quantitative estimate of drug-likeness (QED) is 0.788. The molecule has 0 amide bonds. The number of ketones is 1. The summed E-state index contributed by atoms with van der Waals surface area (Å²) in [6.07, 6.45) is 8.36. The van der Waals surface area contributed by atoms with Gasteiger partial charge in [-0.3, -0.25) is 4.79 Å². The minimum absolute atomic E-state index is 0.0445. The number of hydrogen-bond acceptors (Lipinski definition) is 4. The van der Waals surface area contributed by atoms with Crippen LogP contribution in [0.4, 0.5) is 5.69 Å². The number of hydrogen-bond donors (Lipinski definition) is 0. The molecule has 1 aromatic carbocycles. The van der Waals surface area contributed by atoms with Crippen molar-refractivity contribution in [3.05, 3.63) is 58.6 Å². The maximum Gasteiger partial charge on any atom is 0.178 e. The van der Waals surface area contributed by atoms with Crippen LogP contribution in [0.1, 0.15) is 10.6 Å². The molecule has 0 spiro atoms. The van der Waals surface area contributed by atoms with E-state index in [0.717, 1.165) is 16.3 Å². The van der Waals surface area contributed by atoms with Crippen molar-refractivity contribution in [2.45, 2.75) is 0 Å². The van der Waals surface area contributed by atoms with E-state index >= 15 is 0 Å². The number of carbonyl (C=O) groups excluding carboxylic acids is 1. The van der Waals surface area contributed by atoms with Crippen LogP contribution in [-0.4, -0.2) is 24.9 Å². The van der Waals surface area contributed by atoms with Gasteiger partial charge in [0, 0.05) is 31.4 Å². The van der Waals surface area contributed by atoms with Crippen molar-refractivity contribution in [1.82, 2.24) is 4.98 Å². The molecule has 20 heavy (non-hydrogen) atoms. The van der Waals surface area contributed by atoms with Crippen LogP contribution in [0.15, 0.2) is 48.0 Å². The summed E-state index contributed by atoms with van der Waals surface area (Å²) in [4.78, 5) is 17.8. The summed E-state index contributed by atoms with van der Waals surface area (Å²) in [5, 5.41) is 2.72. The van der Waals surface area contributed by atoms with Crippen LogP contribution >= 0.6 is 11.3 Å². The number of benzene rings is 1. The first kappa shape index (κ1) is 14.2. The average Bonchev–Trinajstić information content (AvgIpc) is 2.96. The Bertz CT molecular complexity index is 610. The minimum Gasteiger partial charge on any atom is -0.378 e. The molecule has 0 saturated heterocycles. The molecule has 2 aromatic rings. The van der Waals surface area contributed by atoms with Gasteiger partial charge in [0.05, 0.1) is 0 Å². The number of allylic oxidation sites excluding steroid dienone is 2. The maximum absolute atomic E-state index is 11.7. The van der Waals surface area contributed by atoms with Crippen LogP contribution in [-0.2, 0) is 4.79 Å². The molecule has 0 radical (unpaired) electrons. The Kier molecular flexibility index (Phi) is 4.85. The van der Waals surface area contributed by atoms with Gasteiger partial charge in [-0.2, -0.15) is 0 Å². The minimum atomic E-state index is -0.0445. The molecular formula is C16H16N2OS. The molecule has 0 saturated carbocycles. The molecule has 0 atom stereocenters. The van der Waals surface area contributed by atoms with Gasteiger partial charge in [0.2, 0.25) is 0 Å². The van der Waals surface area contributed by atoms with Gasteiger partial charge in [-0.1, -0.05) is 18.2 Å². The monoisotopic (exact) mass is 284 g/mol. The Morgan fingerprint density at radius 3 is 2.45 bits per heavy atom. The fraction of sp³-hybridized carbons (Fsp3) is 0.125. The van der Waals surface area contributed by atoms with E-state index in [-0.39, 0.29) is 5.78 Å². The zero-order valence-corrected chi connectivity index (χ0v) is 12.3. The predicted molar refractivity (Wildman–Crippen MR) is 86.0 cm³/mol. The van der Waals surface area contributed by atoms with E-state index in [1.54, 1.807) is 18.3 Å². The number of thiazole rings is 1. The third kappa shape index (κ3) is 4.17. The number of rotatable bonds is 5. The van der Waals surface area contributed by atoms with E-state index in [0.29, 0.717) is 0 Å². The number of nitrogens with zero attached hydrogens (tertiary/aromatic N) is 2. The Morgan fingerprint density at radius 1 is 1.15 bits per heavy atom. The Hall–Kier alpha value is -2.20. The first-order valence-corrected chi connectivity index (χ1v) is 7.10. The second kappa shape index (κ2) is 6.82. The topological polar surface area (TPSA) is 33.2 Å². The van der Waals surface area contributed by atoms with Crippen LogP contribution in [0.25, 0.3) is 12.2 Å². The number of aromatic nitrogens is 1.